The van der Waals surface area contributed by atoms with Crippen molar-refractivity contribution in [1.82, 2.24) is 24.8 Å². The maximum absolute atomic E-state index is 12.9. The van der Waals surface area contributed by atoms with Crippen molar-refractivity contribution in [2.24, 2.45) is 5.73 Å². The van der Waals surface area contributed by atoms with Crippen LogP contribution < -0.4 is 16.4 Å². The second-order valence-electron chi connectivity index (χ2n) is 8.86. The lowest BCUT2D eigenvalue weighted by atomic mass is 9.97. The van der Waals surface area contributed by atoms with Gasteiger partial charge in [-0.3, -0.25) is 14.5 Å². The third kappa shape index (κ3) is 4.92. The number of aromatic nitrogens is 3. The van der Waals surface area contributed by atoms with Crippen molar-refractivity contribution >= 4 is 35.1 Å². The normalized spacial score (nSPS) is 19.9. The molecule has 2 aromatic rings. The first-order chi connectivity index (χ1) is 16.3. The maximum Gasteiger partial charge on any atom is 0.268 e. The zero-order valence-corrected chi connectivity index (χ0v) is 20.3. The van der Waals surface area contributed by atoms with Gasteiger partial charge in [0.15, 0.2) is 0 Å². The molecular formula is C23H31ClN8O2. The third-order valence-corrected chi connectivity index (χ3v) is 7.02. The largest absolute Gasteiger partial charge is 0.383 e. The lowest BCUT2D eigenvalue weighted by Gasteiger charge is -2.47. The SMILES string of the molecule is CC[C@H]1CN(c2ncc(C(N)=O)nc2C)CCN1C1CCN(C(=O)c2ccc(Cl)nc2N)CC1. The van der Waals surface area contributed by atoms with Crippen LogP contribution >= 0.6 is 11.6 Å². The Morgan fingerprint density at radius 3 is 2.50 bits per heavy atom. The predicted molar refractivity (Wildman–Crippen MR) is 131 cm³/mol. The summed E-state index contributed by atoms with van der Waals surface area (Å²) in [6, 6.07) is 4.03. The van der Waals surface area contributed by atoms with E-state index in [-0.39, 0.29) is 22.6 Å². The minimum absolute atomic E-state index is 0.0922. The van der Waals surface area contributed by atoms with E-state index in [9.17, 15) is 9.59 Å². The van der Waals surface area contributed by atoms with Crippen LogP contribution in [0.4, 0.5) is 11.6 Å². The van der Waals surface area contributed by atoms with E-state index in [1.807, 2.05) is 11.8 Å². The molecule has 2 fully saturated rings. The first kappa shape index (κ1) is 24.2. The van der Waals surface area contributed by atoms with Crippen molar-refractivity contribution in [3.8, 4) is 0 Å². The summed E-state index contributed by atoms with van der Waals surface area (Å²) in [5.41, 5.74) is 12.5. The van der Waals surface area contributed by atoms with Crippen LogP contribution in [0.25, 0.3) is 0 Å². The number of nitrogen functional groups attached to an aromatic ring is 1. The van der Waals surface area contributed by atoms with Gasteiger partial charge in [-0.15, -0.1) is 0 Å². The number of piperidine rings is 1. The van der Waals surface area contributed by atoms with Crippen molar-refractivity contribution in [1.29, 1.82) is 0 Å². The molecule has 0 radical (unpaired) electrons. The lowest BCUT2D eigenvalue weighted by Crippen LogP contribution is -2.59. The number of halogens is 1. The molecule has 4 heterocycles. The number of piperazine rings is 1. The first-order valence-electron chi connectivity index (χ1n) is 11.6. The summed E-state index contributed by atoms with van der Waals surface area (Å²) in [6.07, 6.45) is 4.28. The van der Waals surface area contributed by atoms with Gasteiger partial charge in [-0.2, -0.15) is 0 Å². The van der Waals surface area contributed by atoms with Gasteiger partial charge in [-0.25, -0.2) is 15.0 Å². The average Bonchev–Trinajstić information content (AvgIpc) is 2.83. The molecule has 0 aromatic carbocycles. The number of carbonyl (C=O) groups is 2. The molecule has 182 valence electrons. The molecule has 2 amide bonds. The summed E-state index contributed by atoms with van der Waals surface area (Å²) in [6.45, 7) is 8.00. The Morgan fingerprint density at radius 1 is 1.15 bits per heavy atom. The van der Waals surface area contributed by atoms with Gasteiger partial charge in [-0.05, 0) is 38.3 Å². The van der Waals surface area contributed by atoms with Gasteiger partial charge in [0.1, 0.15) is 22.5 Å². The minimum Gasteiger partial charge on any atom is -0.383 e. The smallest absolute Gasteiger partial charge is 0.268 e. The molecule has 11 heteroatoms. The molecule has 0 saturated carbocycles. The molecule has 4 rings (SSSR count). The van der Waals surface area contributed by atoms with Crippen LogP contribution in [0.1, 0.15) is 52.7 Å². The van der Waals surface area contributed by atoms with Gasteiger partial charge in [-0.1, -0.05) is 18.5 Å². The van der Waals surface area contributed by atoms with E-state index < -0.39 is 5.91 Å². The molecule has 2 aliphatic rings. The Labute approximate surface area is 204 Å². The average molecular weight is 487 g/mol. The van der Waals surface area contributed by atoms with Crippen molar-refractivity contribution in [3.63, 3.8) is 0 Å². The fourth-order valence-electron chi connectivity index (χ4n) is 5.01. The van der Waals surface area contributed by atoms with Crippen molar-refractivity contribution in [2.75, 3.05) is 43.4 Å². The van der Waals surface area contributed by atoms with Crippen molar-refractivity contribution in [2.45, 2.75) is 45.2 Å². The second-order valence-corrected chi connectivity index (χ2v) is 9.25. The number of aryl methyl sites for hydroxylation is 1. The fourth-order valence-corrected chi connectivity index (χ4v) is 5.17. The molecule has 0 bridgehead atoms. The molecule has 0 spiro atoms. The highest BCUT2D eigenvalue weighted by Crippen LogP contribution is 2.27. The number of pyridine rings is 1. The lowest BCUT2D eigenvalue weighted by molar-refractivity contribution is 0.0491. The van der Waals surface area contributed by atoms with Crippen LogP contribution in [0.3, 0.4) is 0 Å². The highest BCUT2D eigenvalue weighted by molar-refractivity contribution is 6.29. The highest BCUT2D eigenvalue weighted by Gasteiger charge is 2.35. The van der Waals surface area contributed by atoms with Gasteiger partial charge in [0.05, 0.1) is 17.5 Å². The van der Waals surface area contributed by atoms with E-state index in [4.69, 9.17) is 23.1 Å². The van der Waals surface area contributed by atoms with Gasteiger partial charge < -0.3 is 21.3 Å². The number of hydrogen-bond acceptors (Lipinski definition) is 8. The number of likely N-dealkylation sites (tertiary alicyclic amines) is 1. The van der Waals surface area contributed by atoms with Gasteiger partial charge in [0, 0.05) is 44.8 Å². The van der Waals surface area contributed by atoms with Gasteiger partial charge in [0.25, 0.3) is 11.8 Å². The van der Waals surface area contributed by atoms with Crippen LogP contribution in [0.15, 0.2) is 18.3 Å². The molecule has 0 unspecified atom stereocenters. The summed E-state index contributed by atoms with van der Waals surface area (Å²) in [5, 5.41) is 0.280. The summed E-state index contributed by atoms with van der Waals surface area (Å²) < 4.78 is 0. The summed E-state index contributed by atoms with van der Waals surface area (Å²) in [5.74, 6) is 0.311. The third-order valence-electron chi connectivity index (χ3n) is 6.81. The van der Waals surface area contributed by atoms with Crippen LogP contribution in [0.2, 0.25) is 5.15 Å². The molecule has 2 aliphatic heterocycles. The predicted octanol–water partition coefficient (Wildman–Crippen LogP) is 1.72. The first-order valence-corrected chi connectivity index (χ1v) is 12.0. The number of nitrogens with zero attached hydrogens (tertiary/aromatic N) is 6. The molecular weight excluding hydrogens is 456 g/mol. The van der Waals surface area contributed by atoms with Crippen LogP contribution in [-0.2, 0) is 0 Å². The standard InChI is InChI=1S/C23H31ClN8O2/c1-3-15-13-31(22-14(2)28-18(12-27-22)21(26)33)10-11-32(15)16-6-8-30(9-7-16)23(34)17-4-5-19(24)29-20(17)25/h4-5,12,15-16H,3,6-11,13H2,1-2H3,(H2,25,29)(H2,26,33)/t15-/m0/s1. The van der Waals surface area contributed by atoms with E-state index in [1.165, 1.54) is 6.20 Å². The highest BCUT2D eigenvalue weighted by atomic mass is 35.5. The monoisotopic (exact) mass is 486 g/mol. The van der Waals surface area contributed by atoms with Crippen LogP contribution in [0.5, 0.6) is 0 Å². The number of carbonyl (C=O) groups excluding carboxylic acids is 2. The fraction of sp³-hybridized carbons (Fsp3) is 0.522. The molecule has 4 N–H and O–H groups in total. The van der Waals surface area contributed by atoms with E-state index in [2.05, 4.69) is 31.7 Å². The Bertz CT molecular complexity index is 1070. The van der Waals surface area contributed by atoms with Crippen LogP contribution in [0, 0.1) is 6.92 Å². The Hall–Kier alpha value is -2.98. The van der Waals surface area contributed by atoms with Crippen LogP contribution in [-0.4, -0.2) is 81.4 Å². The summed E-state index contributed by atoms with van der Waals surface area (Å²) in [4.78, 5) is 43.8. The van der Waals surface area contributed by atoms with E-state index >= 15 is 0 Å². The number of nitrogens with two attached hydrogens (primary N) is 2. The Kier molecular flexibility index (Phi) is 7.18. The molecule has 10 nitrogen and oxygen atoms in total. The van der Waals surface area contributed by atoms with Gasteiger partial charge in [0.2, 0.25) is 0 Å². The zero-order chi connectivity index (χ0) is 24.4. The number of primary amides is 1. The zero-order valence-electron chi connectivity index (χ0n) is 19.6. The quantitative estimate of drug-likeness (QED) is 0.610. The topological polar surface area (TPSA) is 135 Å². The molecule has 0 aliphatic carbocycles. The summed E-state index contributed by atoms with van der Waals surface area (Å²) in [7, 11) is 0. The van der Waals surface area contributed by atoms with E-state index in [0.717, 1.165) is 44.7 Å². The number of anilines is 2. The van der Waals surface area contributed by atoms with Crippen molar-refractivity contribution in [3.05, 3.63) is 40.4 Å². The Morgan fingerprint density at radius 2 is 1.88 bits per heavy atom. The van der Waals surface area contributed by atoms with Gasteiger partial charge >= 0.3 is 0 Å². The molecule has 2 saturated heterocycles. The van der Waals surface area contributed by atoms with Crippen molar-refractivity contribution < 1.29 is 9.59 Å². The van der Waals surface area contributed by atoms with E-state index in [1.54, 1.807) is 12.1 Å². The number of amides is 2. The summed E-state index contributed by atoms with van der Waals surface area (Å²) >= 11 is 5.87. The number of rotatable bonds is 5. The maximum atomic E-state index is 12.9. The number of hydrogen-bond donors (Lipinski definition) is 2. The molecule has 2 aromatic heterocycles. The second kappa shape index (κ2) is 10.1. The Balaban J connectivity index is 1.38. The van der Waals surface area contributed by atoms with E-state index in [0.29, 0.717) is 36.4 Å². The molecule has 1 atom stereocenters. The molecule has 34 heavy (non-hydrogen) atoms. The minimum atomic E-state index is -0.571.